The first kappa shape index (κ1) is 16.2. The van der Waals surface area contributed by atoms with Gasteiger partial charge in [0.05, 0.1) is 18.6 Å². The Kier molecular flexibility index (Phi) is 4.00. The summed E-state index contributed by atoms with van der Waals surface area (Å²) in [6.45, 7) is 1.85. The van der Waals surface area contributed by atoms with Gasteiger partial charge in [0, 0.05) is 25.9 Å². The number of nitrogens with zero attached hydrogens (tertiary/aromatic N) is 1. The van der Waals surface area contributed by atoms with E-state index in [2.05, 4.69) is 24.1 Å². The van der Waals surface area contributed by atoms with Gasteiger partial charge in [-0.1, -0.05) is 30.3 Å². The Morgan fingerprint density at radius 3 is 2.52 bits per heavy atom. The Balaban J connectivity index is 1.89. The Morgan fingerprint density at radius 2 is 1.84 bits per heavy atom. The lowest BCUT2D eigenvalue weighted by Gasteiger charge is -2.48. The third-order valence-electron chi connectivity index (χ3n) is 5.58. The first-order valence-corrected chi connectivity index (χ1v) is 8.78. The van der Waals surface area contributed by atoms with Gasteiger partial charge in [-0.2, -0.15) is 0 Å². The normalized spacial score (nSPS) is 22.3. The molecule has 2 aliphatic rings. The molecule has 2 aromatic rings. The van der Waals surface area contributed by atoms with Crippen molar-refractivity contribution in [3.63, 3.8) is 0 Å². The molecule has 130 valence electrons. The standard InChI is InChI=1S/C21H23NO3/c1-22-12-10-21(11-13-22)19(15-6-4-3-5-7-15)18-14-16(24-2)8-9-17(18)20(23)25-21/h3-9,14,19H,10-13H2,1-2H3. The summed E-state index contributed by atoms with van der Waals surface area (Å²) in [5, 5.41) is 0. The zero-order valence-electron chi connectivity index (χ0n) is 14.7. The number of rotatable bonds is 2. The quantitative estimate of drug-likeness (QED) is 0.787. The van der Waals surface area contributed by atoms with Gasteiger partial charge in [0.15, 0.2) is 0 Å². The smallest absolute Gasteiger partial charge is 0.339 e. The largest absolute Gasteiger partial charge is 0.497 e. The third-order valence-corrected chi connectivity index (χ3v) is 5.58. The van der Waals surface area contributed by atoms with Gasteiger partial charge in [0.2, 0.25) is 0 Å². The summed E-state index contributed by atoms with van der Waals surface area (Å²) in [5.41, 5.74) is 2.38. The van der Waals surface area contributed by atoms with Crippen LogP contribution in [-0.2, 0) is 4.74 Å². The molecule has 25 heavy (non-hydrogen) atoms. The number of ether oxygens (including phenoxy) is 2. The van der Waals surface area contributed by atoms with Crippen LogP contribution in [0.1, 0.15) is 40.2 Å². The van der Waals surface area contributed by atoms with Crippen molar-refractivity contribution in [2.45, 2.75) is 24.4 Å². The molecule has 1 spiro atoms. The topological polar surface area (TPSA) is 38.8 Å². The number of carbonyl (C=O) groups excluding carboxylic acids is 1. The summed E-state index contributed by atoms with van der Waals surface area (Å²) >= 11 is 0. The molecule has 0 amide bonds. The van der Waals surface area contributed by atoms with Gasteiger partial charge < -0.3 is 14.4 Å². The SMILES string of the molecule is COc1ccc2c(c1)C(c1ccccc1)C1(CCN(C)CC1)OC2=O. The van der Waals surface area contributed by atoms with Gasteiger partial charge in [-0.05, 0) is 36.4 Å². The Morgan fingerprint density at radius 1 is 1.12 bits per heavy atom. The molecular weight excluding hydrogens is 314 g/mol. The minimum atomic E-state index is -0.482. The highest BCUT2D eigenvalue weighted by atomic mass is 16.6. The minimum Gasteiger partial charge on any atom is -0.497 e. The van der Waals surface area contributed by atoms with E-state index in [0.29, 0.717) is 5.56 Å². The van der Waals surface area contributed by atoms with E-state index in [0.717, 1.165) is 37.2 Å². The van der Waals surface area contributed by atoms with E-state index in [-0.39, 0.29) is 11.9 Å². The molecule has 4 rings (SSSR count). The van der Waals surface area contributed by atoms with E-state index in [1.807, 2.05) is 36.4 Å². The average molecular weight is 337 g/mol. The fraction of sp³-hybridized carbons (Fsp3) is 0.381. The number of likely N-dealkylation sites (tertiary alicyclic amines) is 1. The molecule has 1 saturated heterocycles. The van der Waals surface area contributed by atoms with E-state index in [9.17, 15) is 4.79 Å². The lowest BCUT2D eigenvalue weighted by Crippen LogP contribution is -2.52. The predicted molar refractivity (Wildman–Crippen MR) is 96.2 cm³/mol. The third kappa shape index (κ3) is 2.71. The number of benzene rings is 2. The first-order valence-electron chi connectivity index (χ1n) is 8.78. The second-order valence-electron chi connectivity index (χ2n) is 7.05. The first-order chi connectivity index (χ1) is 12.1. The highest BCUT2D eigenvalue weighted by Gasteiger charge is 2.50. The molecular formula is C21H23NO3. The van der Waals surface area contributed by atoms with Crippen LogP contribution in [-0.4, -0.2) is 43.7 Å². The summed E-state index contributed by atoms with van der Waals surface area (Å²) in [5.74, 6) is 0.594. The van der Waals surface area contributed by atoms with Gasteiger partial charge in [-0.3, -0.25) is 0 Å². The van der Waals surface area contributed by atoms with Gasteiger partial charge in [-0.15, -0.1) is 0 Å². The van der Waals surface area contributed by atoms with Crippen molar-refractivity contribution in [2.24, 2.45) is 0 Å². The van der Waals surface area contributed by atoms with Crippen molar-refractivity contribution in [2.75, 3.05) is 27.2 Å². The maximum atomic E-state index is 12.7. The molecule has 2 aromatic carbocycles. The van der Waals surface area contributed by atoms with Crippen LogP contribution in [0.3, 0.4) is 0 Å². The molecule has 0 N–H and O–H groups in total. The number of fused-ring (bicyclic) bond motifs is 1. The van der Waals surface area contributed by atoms with Crippen molar-refractivity contribution >= 4 is 5.97 Å². The lowest BCUT2D eigenvalue weighted by atomic mass is 9.69. The molecule has 0 aliphatic carbocycles. The fourth-order valence-corrected chi connectivity index (χ4v) is 4.19. The van der Waals surface area contributed by atoms with Crippen LogP contribution in [0.25, 0.3) is 0 Å². The summed E-state index contributed by atoms with van der Waals surface area (Å²) in [6, 6.07) is 16.0. The van der Waals surface area contributed by atoms with Gasteiger partial charge in [-0.25, -0.2) is 4.79 Å². The Labute approximate surface area is 148 Å². The van der Waals surface area contributed by atoms with Crippen LogP contribution in [0.4, 0.5) is 0 Å². The molecule has 1 unspecified atom stereocenters. The maximum absolute atomic E-state index is 12.7. The maximum Gasteiger partial charge on any atom is 0.339 e. The molecule has 0 saturated carbocycles. The van der Waals surface area contributed by atoms with Crippen molar-refractivity contribution < 1.29 is 14.3 Å². The van der Waals surface area contributed by atoms with Crippen LogP contribution in [0, 0.1) is 0 Å². The van der Waals surface area contributed by atoms with Crippen molar-refractivity contribution in [3.05, 3.63) is 65.2 Å². The number of carbonyl (C=O) groups is 1. The second kappa shape index (κ2) is 6.19. The van der Waals surface area contributed by atoms with Crippen molar-refractivity contribution in [1.29, 1.82) is 0 Å². The fourth-order valence-electron chi connectivity index (χ4n) is 4.19. The highest BCUT2D eigenvalue weighted by molar-refractivity contribution is 5.93. The van der Waals surface area contributed by atoms with Crippen molar-refractivity contribution in [1.82, 2.24) is 4.90 Å². The van der Waals surface area contributed by atoms with Crippen LogP contribution in [0.5, 0.6) is 5.75 Å². The zero-order chi connectivity index (χ0) is 17.4. The van der Waals surface area contributed by atoms with Crippen LogP contribution in [0.2, 0.25) is 0 Å². The summed E-state index contributed by atoms with van der Waals surface area (Å²) in [6.07, 6.45) is 1.68. The monoisotopic (exact) mass is 337 g/mol. The molecule has 1 atom stereocenters. The lowest BCUT2D eigenvalue weighted by molar-refractivity contribution is -0.0636. The number of hydrogen-bond acceptors (Lipinski definition) is 4. The predicted octanol–water partition coefficient (Wildman–Crippen LogP) is 3.46. The molecule has 0 aromatic heterocycles. The molecule has 4 heteroatoms. The van der Waals surface area contributed by atoms with Crippen molar-refractivity contribution in [3.8, 4) is 5.75 Å². The molecule has 0 radical (unpaired) electrons. The van der Waals surface area contributed by atoms with Gasteiger partial charge in [0.25, 0.3) is 0 Å². The second-order valence-corrected chi connectivity index (χ2v) is 7.05. The number of esters is 1. The molecule has 2 aliphatic heterocycles. The van der Waals surface area contributed by atoms with E-state index >= 15 is 0 Å². The van der Waals surface area contributed by atoms with Gasteiger partial charge in [0.1, 0.15) is 11.4 Å². The highest BCUT2D eigenvalue weighted by Crippen LogP contribution is 2.49. The van der Waals surface area contributed by atoms with Crippen LogP contribution in [0.15, 0.2) is 48.5 Å². The minimum absolute atomic E-state index is 0.0326. The Bertz CT molecular complexity index is 779. The van der Waals surface area contributed by atoms with Gasteiger partial charge >= 0.3 is 5.97 Å². The van der Waals surface area contributed by atoms with E-state index in [1.165, 1.54) is 5.56 Å². The summed E-state index contributed by atoms with van der Waals surface area (Å²) < 4.78 is 11.6. The average Bonchev–Trinajstić information content (AvgIpc) is 2.65. The van der Waals surface area contributed by atoms with E-state index in [4.69, 9.17) is 9.47 Å². The Hall–Kier alpha value is -2.33. The zero-order valence-corrected chi connectivity index (χ0v) is 14.7. The van der Waals surface area contributed by atoms with E-state index in [1.54, 1.807) is 7.11 Å². The van der Waals surface area contributed by atoms with Crippen LogP contribution < -0.4 is 4.74 Å². The number of piperidine rings is 1. The molecule has 0 bridgehead atoms. The summed E-state index contributed by atoms with van der Waals surface area (Å²) in [4.78, 5) is 15.0. The van der Waals surface area contributed by atoms with Crippen LogP contribution >= 0.6 is 0 Å². The number of methoxy groups -OCH3 is 1. The molecule has 1 fully saturated rings. The summed E-state index contributed by atoms with van der Waals surface area (Å²) in [7, 11) is 3.78. The molecule has 2 heterocycles. The van der Waals surface area contributed by atoms with E-state index < -0.39 is 5.60 Å². The number of hydrogen-bond donors (Lipinski definition) is 0. The molecule has 4 nitrogen and oxygen atoms in total.